The van der Waals surface area contributed by atoms with Crippen LogP contribution in [0.4, 0.5) is 22.0 Å². The van der Waals surface area contributed by atoms with Crippen LogP contribution in [0.5, 0.6) is 5.75 Å². The number of carbonyl (C=O) groups excluding carboxylic acids is 1. The molecule has 1 aliphatic heterocycles. The molecule has 0 aromatic heterocycles. The van der Waals surface area contributed by atoms with Crippen LogP contribution < -0.4 is 4.74 Å². The summed E-state index contributed by atoms with van der Waals surface area (Å²) in [4.78, 5) is 11.4. The standard InChI is InChI=1S/C19H22BF5O4S/c1-12(26)30-11-14(20-28-16(2,3)17(4,5)29-20)10-13-6-8-15(9-7-13)27-19(24,25)18(21,22)23/h6-10H,11H2,1-5H3. The molecule has 1 aromatic rings. The van der Waals surface area contributed by atoms with Gasteiger partial charge in [0, 0.05) is 12.7 Å². The van der Waals surface area contributed by atoms with Crippen LogP contribution in [-0.2, 0) is 14.1 Å². The van der Waals surface area contributed by atoms with Gasteiger partial charge in [0.1, 0.15) is 5.75 Å². The maximum absolute atomic E-state index is 13.0. The first kappa shape index (κ1) is 24.7. The number of hydrogen-bond acceptors (Lipinski definition) is 5. The fraction of sp³-hybridized carbons (Fsp3) is 0.526. The second kappa shape index (κ2) is 8.51. The number of thioether (sulfide) groups is 1. The van der Waals surface area contributed by atoms with Crippen LogP contribution in [-0.4, -0.2) is 41.5 Å². The van der Waals surface area contributed by atoms with Crippen LogP contribution in [0.25, 0.3) is 6.08 Å². The maximum Gasteiger partial charge on any atom is 0.499 e. The van der Waals surface area contributed by atoms with Crippen LogP contribution in [0.3, 0.4) is 0 Å². The Hall–Kier alpha value is -1.59. The summed E-state index contributed by atoms with van der Waals surface area (Å²) < 4.78 is 78.7. The highest BCUT2D eigenvalue weighted by molar-refractivity contribution is 8.13. The van der Waals surface area contributed by atoms with E-state index in [4.69, 9.17) is 9.31 Å². The molecule has 0 amide bonds. The van der Waals surface area contributed by atoms with Gasteiger partial charge in [-0.1, -0.05) is 30.0 Å². The Balaban J connectivity index is 2.25. The molecule has 0 N–H and O–H groups in total. The van der Waals surface area contributed by atoms with Gasteiger partial charge < -0.3 is 14.0 Å². The molecule has 4 nitrogen and oxygen atoms in total. The third kappa shape index (κ3) is 5.76. The lowest BCUT2D eigenvalue weighted by atomic mass is 9.78. The number of rotatable bonds is 6. The molecule has 166 valence electrons. The van der Waals surface area contributed by atoms with E-state index in [1.165, 1.54) is 19.1 Å². The van der Waals surface area contributed by atoms with Crippen LogP contribution in [0.1, 0.15) is 40.2 Å². The fourth-order valence-corrected chi connectivity index (χ4v) is 3.00. The minimum Gasteiger partial charge on any atom is -0.426 e. The van der Waals surface area contributed by atoms with E-state index in [1.54, 1.807) is 6.08 Å². The van der Waals surface area contributed by atoms with Crippen molar-refractivity contribution in [2.75, 3.05) is 5.75 Å². The molecule has 11 heteroatoms. The highest BCUT2D eigenvalue weighted by Gasteiger charge is 2.61. The first-order valence-electron chi connectivity index (χ1n) is 8.97. The number of carbonyl (C=O) groups is 1. The zero-order chi connectivity index (χ0) is 23.0. The van der Waals surface area contributed by atoms with Gasteiger partial charge in [-0.05, 0) is 50.9 Å². The predicted molar refractivity (Wildman–Crippen MR) is 105 cm³/mol. The van der Waals surface area contributed by atoms with Gasteiger partial charge in [0.05, 0.1) is 11.2 Å². The van der Waals surface area contributed by atoms with Gasteiger partial charge in [0.2, 0.25) is 0 Å². The van der Waals surface area contributed by atoms with Gasteiger partial charge in [-0.15, -0.1) is 0 Å². The summed E-state index contributed by atoms with van der Waals surface area (Å²) in [5.41, 5.74) is -0.119. The smallest absolute Gasteiger partial charge is 0.426 e. The molecule has 1 heterocycles. The summed E-state index contributed by atoms with van der Waals surface area (Å²) in [6, 6.07) is 4.66. The molecule has 0 unspecified atom stereocenters. The Morgan fingerprint density at radius 1 is 1.07 bits per heavy atom. The summed E-state index contributed by atoms with van der Waals surface area (Å²) >= 11 is 1.04. The van der Waals surface area contributed by atoms with Crippen LogP contribution in [0.2, 0.25) is 0 Å². The Kier molecular flexibility index (Phi) is 7.00. The molecule has 1 fully saturated rings. The molecule has 0 spiro atoms. The zero-order valence-electron chi connectivity index (χ0n) is 17.1. The molecular weight excluding hydrogens is 430 g/mol. The molecule has 0 saturated carbocycles. The number of benzene rings is 1. The molecule has 0 atom stereocenters. The molecular formula is C19H22BF5O4S. The summed E-state index contributed by atoms with van der Waals surface area (Å²) in [6.45, 7) is 8.90. The Morgan fingerprint density at radius 2 is 1.57 bits per heavy atom. The van der Waals surface area contributed by atoms with Gasteiger partial charge in [-0.25, -0.2) is 0 Å². The molecule has 1 aromatic carbocycles. The first-order chi connectivity index (χ1) is 13.5. The van der Waals surface area contributed by atoms with Crippen molar-refractivity contribution in [3.8, 4) is 5.75 Å². The van der Waals surface area contributed by atoms with E-state index in [0.29, 0.717) is 11.0 Å². The van der Waals surface area contributed by atoms with E-state index in [2.05, 4.69) is 4.74 Å². The lowest BCUT2D eigenvalue weighted by Gasteiger charge is -2.32. The van der Waals surface area contributed by atoms with Crippen molar-refractivity contribution in [3.05, 3.63) is 35.3 Å². The second-order valence-corrected chi connectivity index (χ2v) is 8.93. The summed E-state index contributed by atoms with van der Waals surface area (Å²) in [5, 5.41) is -0.115. The third-order valence-corrected chi connectivity index (χ3v) is 5.69. The average Bonchev–Trinajstić information content (AvgIpc) is 2.79. The van der Waals surface area contributed by atoms with Gasteiger partial charge in [0.15, 0.2) is 5.12 Å². The maximum atomic E-state index is 13.0. The SMILES string of the molecule is CC(=O)SCC(=Cc1ccc(OC(F)(F)C(F)(F)F)cc1)B1OC(C)(C)C(C)(C)O1. The van der Waals surface area contributed by atoms with Crippen molar-refractivity contribution in [1.29, 1.82) is 0 Å². The topological polar surface area (TPSA) is 44.8 Å². The Morgan fingerprint density at radius 3 is 2.00 bits per heavy atom. The molecule has 2 rings (SSSR count). The molecule has 0 bridgehead atoms. The van der Waals surface area contributed by atoms with Gasteiger partial charge in [-0.3, -0.25) is 4.79 Å². The number of ether oxygens (including phenoxy) is 1. The minimum atomic E-state index is -5.82. The monoisotopic (exact) mass is 452 g/mol. The third-order valence-electron chi connectivity index (χ3n) is 4.81. The molecule has 30 heavy (non-hydrogen) atoms. The summed E-state index contributed by atoms with van der Waals surface area (Å²) in [7, 11) is -0.743. The highest BCUT2D eigenvalue weighted by Crippen LogP contribution is 2.40. The van der Waals surface area contributed by atoms with Crippen molar-refractivity contribution in [2.45, 2.75) is 58.1 Å². The zero-order valence-corrected chi connectivity index (χ0v) is 17.9. The van der Waals surface area contributed by atoms with Gasteiger partial charge in [0.25, 0.3) is 0 Å². The van der Waals surface area contributed by atoms with Crippen LogP contribution in [0, 0.1) is 0 Å². The van der Waals surface area contributed by atoms with Gasteiger partial charge in [-0.2, -0.15) is 22.0 Å². The highest BCUT2D eigenvalue weighted by atomic mass is 32.2. The van der Waals surface area contributed by atoms with Crippen molar-refractivity contribution in [1.82, 2.24) is 0 Å². The lowest BCUT2D eigenvalue weighted by Crippen LogP contribution is -2.41. The van der Waals surface area contributed by atoms with Crippen LogP contribution >= 0.6 is 11.8 Å². The van der Waals surface area contributed by atoms with E-state index in [-0.39, 0.29) is 10.9 Å². The second-order valence-electron chi connectivity index (χ2n) is 7.77. The van der Waals surface area contributed by atoms with E-state index in [9.17, 15) is 26.7 Å². The largest absolute Gasteiger partial charge is 0.499 e. The first-order valence-corrected chi connectivity index (χ1v) is 9.96. The molecule has 0 radical (unpaired) electrons. The molecule has 1 saturated heterocycles. The molecule has 0 aliphatic carbocycles. The quantitative estimate of drug-likeness (QED) is 0.421. The summed E-state index contributed by atoms with van der Waals surface area (Å²) in [6.07, 6.45) is -9.47. The normalized spacial score (nSPS) is 19.1. The average molecular weight is 452 g/mol. The number of halogens is 5. The Bertz CT molecular complexity index is 790. The number of alkyl halides is 5. The van der Waals surface area contributed by atoms with Crippen molar-refractivity contribution in [3.63, 3.8) is 0 Å². The van der Waals surface area contributed by atoms with E-state index in [0.717, 1.165) is 23.9 Å². The summed E-state index contributed by atoms with van der Waals surface area (Å²) in [5.74, 6) is -0.374. The van der Waals surface area contributed by atoms with E-state index < -0.39 is 36.4 Å². The lowest BCUT2D eigenvalue weighted by molar-refractivity contribution is -0.360. The van der Waals surface area contributed by atoms with Crippen molar-refractivity contribution in [2.24, 2.45) is 0 Å². The number of hydrogen-bond donors (Lipinski definition) is 0. The van der Waals surface area contributed by atoms with E-state index in [1.807, 2.05) is 27.7 Å². The van der Waals surface area contributed by atoms with Crippen molar-refractivity contribution < 1.29 is 40.8 Å². The predicted octanol–water partition coefficient (Wildman–Crippen LogP) is 5.52. The minimum absolute atomic E-state index is 0.115. The Labute approximate surface area is 176 Å². The van der Waals surface area contributed by atoms with Gasteiger partial charge >= 0.3 is 19.4 Å². The van der Waals surface area contributed by atoms with Crippen molar-refractivity contribution >= 4 is 30.1 Å². The fourth-order valence-electron chi connectivity index (χ4n) is 2.41. The van der Waals surface area contributed by atoms with Crippen LogP contribution in [0.15, 0.2) is 29.7 Å². The molecule has 1 aliphatic rings. The van der Waals surface area contributed by atoms with E-state index >= 15 is 0 Å².